The fourth-order valence-corrected chi connectivity index (χ4v) is 3.80. The maximum Gasteiger partial charge on any atom is 0.184 e. The van der Waals surface area contributed by atoms with Crippen LogP contribution in [-0.4, -0.2) is 26.1 Å². The molecule has 2 aromatic heterocycles. The van der Waals surface area contributed by atoms with E-state index in [-0.39, 0.29) is 0 Å². The second-order valence-corrected chi connectivity index (χ2v) is 6.81. The van der Waals surface area contributed by atoms with Crippen molar-refractivity contribution < 1.29 is 0 Å². The Balaban J connectivity index is 1.74. The third-order valence-corrected chi connectivity index (χ3v) is 5.00. The van der Waals surface area contributed by atoms with Crippen LogP contribution in [0.5, 0.6) is 0 Å². The maximum atomic E-state index is 4.25. The van der Waals surface area contributed by atoms with Crippen LogP contribution in [0.1, 0.15) is 48.8 Å². The van der Waals surface area contributed by atoms with Crippen molar-refractivity contribution in [2.45, 2.75) is 58.5 Å². The molecule has 0 unspecified atom stereocenters. The molecule has 0 saturated heterocycles. The first-order valence-electron chi connectivity index (χ1n) is 8.57. The molecule has 1 aromatic carbocycles. The van der Waals surface area contributed by atoms with E-state index in [1.165, 1.54) is 54.2 Å². The average Bonchev–Trinajstić information content (AvgIpc) is 3.04. The zero-order valence-corrected chi connectivity index (χ0v) is 13.8. The number of fused-ring (bicyclic) bond motifs is 3. The molecule has 0 spiro atoms. The molecule has 3 aromatic rings. The van der Waals surface area contributed by atoms with E-state index in [4.69, 9.17) is 0 Å². The van der Waals surface area contributed by atoms with Gasteiger partial charge in [-0.05, 0) is 60.4 Å². The van der Waals surface area contributed by atoms with Crippen LogP contribution in [0.4, 0.5) is 0 Å². The van der Waals surface area contributed by atoms with E-state index in [0.717, 1.165) is 17.7 Å². The van der Waals surface area contributed by atoms with Gasteiger partial charge in [-0.15, -0.1) is 5.10 Å². The summed E-state index contributed by atoms with van der Waals surface area (Å²) in [6, 6.07) is 7.27. The van der Waals surface area contributed by atoms with Crippen molar-refractivity contribution in [3.63, 3.8) is 0 Å². The normalized spacial score (nSPS) is 16.4. The summed E-state index contributed by atoms with van der Waals surface area (Å²) in [5, 5.41) is 17.3. The van der Waals surface area contributed by atoms with Gasteiger partial charge in [0, 0.05) is 23.5 Å². The molecule has 1 aliphatic rings. The van der Waals surface area contributed by atoms with Gasteiger partial charge >= 0.3 is 0 Å². The molecule has 0 radical (unpaired) electrons. The number of tetrazole rings is 1. The molecule has 1 N–H and O–H groups in total. The second-order valence-electron chi connectivity index (χ2n) is 6.81. The van der Waals surface area contributed by atoms with Gasteiger partial charge in [0.25, 0.3) is 0 Å². The Bertz CT molecular complexity index is 845. The topological polar surface area (TPSA) is 55.1 Å². The van der Waals surface area contributed by atoms with Gasteiger partial charge in [-0.25, -0.2) is 0 Å². The van der Waals surface area contributed by atoms with Gasteiger partial charge in [0.2, 0.25) is 0 Å². The van der Waals surface area contributed by atoms with Crippen LogP contribution in [0.2, 0.25) is 0 Å². The molecular formula is C18H23N5. The van der Waals surface area contributed by atoms with Crippen molar-refractivity contribution >= 4 is 16.6 Å². The second kappa shape index (κ2) is 5.89. The summed E-state index contributed by atoms with van der Waals surface area (Å²) in [5.74, 6) is 0. The van der Waals surface area contributed by atoms with Crippen LogP contribution in [0, 0.1) is 13.8 Å². The van der Waals surface area contributed by atoms with Crippen molar-refractivity contribution in [1.29, 1.82) is 0 Å². The lowest BCUT2D eigenvalue weighted by molar-refractivity contribution is 0.372. The fraction of sp³-hybridized carbons (Fsp3) is 0.500. The highest BCUT2D eigenvalue weighted by Gasteiger charge is 2.15. The highest BCUT2D eigenvalue weighted by atomic mass is 15.5. The monoisotopic (exact) mass is 309 g/mol. The number of hydrogen-bond acceptors (Lipinski definition) is 4. The molecule has 0 aliphatic heterocycles. The minimum Gasteiger partial charge on any atom is -0.310 e. The molecule has 1 aliphatic carbocycles. The highest BCUT2D eigenvalue weighted by Crippen LogP contribution is 2.24. The molecule has 120 valence electrons. The highest BCUT2D eigenvalue weighted by molar-refractivity contribution is 5.86. The summed E-state index contributed by atoms with van der Waals surface area (Å²) < 4.78 is 1.88. The first kappa shape index (κ1) is 14.6. The van der Waals surface area contributed by atoms with Crippen molar-refractivity contribution in [3.05, 3.63) is 34.9 Å². The lowest BCUT2D eigenvalue weighted by Crippen LogP contribution is -2.30. The van der Waals surface area contributed by atoms with Gasteiger partial charge < -0.3 is 5.32 Å². The molecule has 5 nitrogen and oxygen atoms in total. The summed E-state index contributed by atoms with van der Waals surface area (Å²) >= 11 is 0. The Morgan fingerprint density at radius 1 is 1.13 bits per heavy atom. The number of benzene rings is 1. The fourth-order valence-electron chi connectivity index (χ4n) is 3.80. The van der Waals surface area contributed by atoms with Gasteiger partial charge in [0.05, 0.1) is 5.52 Å². The summed E-state index contributed by atoms with van der Waals surface area (Å²) in [6.45, 7) is 5.10. The zero-order valence-electron chi connectivity index (χ0n) is 13.8. The van der Waals surface area contributed by atoms with Crippen LogP contribution in [-0.2, 0) is 6.54 Å². The van der Waals surface area contributed by atoms with Crippen LogP contribution < -0.4 is 5.32 Å². The van der Waals surface area contributed by atoms with Gasteiger partial charge in [-0.3, -0.25) is 0 Å². The zero-order chi connectivity index (χ0) is 15.8. The van der Waals surface area contributed by atoms with E-state index in [1.54, 1.807) is 0 Å². The first-order chi connectivity index (χ1) is 11.2. The first-order valence-corrected chi connectivity index (χ1v) is 8.57. The number of nitrogens with zero attached hydrogens (tertiary/aromatic N) is 4. The predicted octanol–water partition coefficient (Wildman–Crippen LogP) is 3.32. The molecule has 5 heteroatoms. The number of pyridine rings is 1. The number of hydrogen-bond donors (Lipinski definition) is 1. The summed E-state index contributed by atoms with van der Waals surface area (Å²) in [5.41, 5.74) is 5.64. The van der Waals surface area contributed by atoms with Crippen LogP contribution in [0.3, 0.4) is 0 Å². The van der Waals surface area contributed by atoms with E-state index in [9.17, 15) is 0 Å². The minimum atomic E-state index is 0.634. The molecule has 0 amide bonds. The van der Waals surface area contributed by atoms with Gasteiger partial charge in [0.1, 0.15) is 0 Å². The molecule has 2 heterocycles. The molecule has 0 atom stereocenters. The van der Waals surface area contributed by atoms with Gasteiger partial charge in [-0.2, -0.15) is 4.52 Å². The molecule has 4 rings (SSSR count). The Labute approximate surface area is 136 Å². The van der Waals surface area contributed by atoms with Crippen LogP contribution >= 0.6 is 0 Å². The molecule has 23 heavy (non-hydrogen) atoms. The van der Waals surface area contributed by atoms with Crippen molar-refractivity contribution in [1.82, 2.24) is 25.4 Å². The Hall–Kier alpha value is -2.01. The summed E-state index contributed by atoms with van der Waals surface area (Å²) in [7, 11) is 0. The van der Waals surface area contributed by atoms with E-state index in [1.807, 2.05) is 4.52 Å². The Kier molecular flexibility index (Phi) is 3.73. The van der Waals surface area contributed by atoms with Gasteiger partial charge in [0.15, 0.2) is 5.65 Å². The standard InChI is InChI=1S/C18H23N5/c1-12-8-13(2)16-10-14(11-19-15-6-4-3-5-7-15)18-20-21-22-23(18)17(16)9-12/h8-10,15,19H,3-7,11H2,1-2H3. The number of rotatable bonds is 3. The van der Waals surface area contributed by atoms with E-state index in [0.29, 0.717) is 6.04 Å². The van der Waals surface area contributed by atoms with Crippen LogP contribution in [0.25, 0.3) is 16.6 Å². The number of aryl methyl sites for hydroxylation is 2. The predicted molar refractivity (Wildman–Crippen MR) is 91.5 cm³/mol. The molecular weight excluding hydrogens is 286 g/mol. The van der Waals surface area contributed by atoms with E-state index < -0.39 is 0 Å². The minimum absolute atomic E-state index is 0.634. The Morgan fingerprint density at radius 3 is 2.78 bits per heavy atom. The Morgan fingerprint density at radius 2 is 1.96 bits per heavy atom. The van der Waals surface area contributed by atoms with E-state index >= 15 is 0 Å². The summed E-state index contributed by atoms with van der Waals surface area (Å²) in [6.07, 6.45) is 6.64. The maximum absolute atomic E-state index is 4.25. The summed E-state index contributed by atoms with van der Waals surface area (Å²) in [4.78, 5) is 0. The quantitative estimate of drug-likeness (QED) is 0.806. The molecule has 0 bridgehead atoms. The number of aromatic nitrogens is 4. The smallest absolute Gasteiger partial charge is 0.184 e. The van der Waals surface area contributed by atoms with Crippen molar-refractivity contribution in [3.8, 4) is 0 Å². The van der Waals surface area contributed by atoms with Crippen molar-refractivity contribution in [2.24, 2.45) is 0 Å². The third kappa shape index (κ3) is 2.70. The van der Waals surface area contributed by atoms with Crippen molar-refractivity contribution in [2.75, 3.05) is 0 Å². The van der Waals surface area contributed by atoms with Crippen LogP contribution in [0.15, 0.2) is 18.2 Å². The lowest BCUT2D eigenvalue weighted by atomic mass is 9.95. The lowest BCUT2D eigenvalue weighted by Gasteiger charge is -2.23. The number of nitrogens with one attached hydrogen (secondary N) is 1. The largest absolute Gasteiger partial charge is 0.310 e. The molecule has 1 saturated carbocycles. The third-order valence-electron chi connectivity index (χ3n) is 5.00. The molecule has 1 fully saturated rings. The van der Waals surface area contributed by atoms with Gasteiger partial charge in [-0.1, -0.05) is 25.3 Å². The SMILES string of the molecule is Cc1cc(C)c2cc(CNC3CCCCC3)c3nnnn3c2c1. The average molecular weight is 309 g/mol. The van der Waals surface area contributed by atoms with E-state index in [2.05, 4.69) is 52.9 Å².